The standard InChI is InChI=1S/C7H12O.C2H6/c1-7-2-3-8-5-6(7)4-7;1-2/h6H,2-5H2,1H3;1-2H3. The Morgan fingerprint density at radius 1 is 1.40 bits per heavy atom. The molecule has 1 heterocycles. The largest absolute Gasteiger partial charge is 0.381 e. The maximum atomic E-state index is 5.29. The smallest absolute Gasteiger partial charge is 0.0499 e. The Morgan fingerprint density at radius 2 is 2.10 bits per heavy atom. The quantitative estimate of drug-likeness (QED) is 0.505. The first-order valence-electron chi connectivity index (χ1n) is 4.39. The Morgan fingerprint density at radius 3 is 2.50 bits per heavy atom. The second-order valence-corrected chi connectivity index (χ2v) is 3.38. The van der Waals surface area contributed by atoms with E-state index in [0.717, 1.165) is 24.5 Å². The van der Waals surface area contributed by atoms with Gasteiger partial charge in [-0.1, -0.05) is 20.8 Å². The predicted octanol–water partition coefficient (Wildman–Crippen LogP) is 2.46. The number of ether oxygens (including phenoxy) is 1. The van der Waals surface area contributed by atoms with Crippen LogP contribution >= 0.6 is 0 Å². The van der Waals surface area contributed by atoms with Crippen LogP contribution in [0.15, 0.2) is 0 Å². The maximum Gasteiger partial charge on any atom is 0.0499 e. The fourth-order valence-electron chi connectivity index (χ4n) is 1.60. The van der Waals surface area contributed by atoms with Gasteiger partial charge in [0.15, 0.2) is 0 Å². The van der Waals surface area contributed by atoms with Gasteiger partial charge in [-0.3, -0.25) is 0 Å². The van der Waals surface area contributed by atoms with E-state index >= 15 is 0 Å². The van der Waals surface area contributed by atoms with Crippen LogP contribution in [0.2, 0.25) is 0 Å². The summed E-state index contributed by atoms with van der Waals surface area (Å²) >= 11 is 0. The van der Waals surface area contributed by atoms with Crippen molar-refractivity contribution in [3.63, 3.8) is 0 Å². The molecule has 1 heteroatoms. The Kier molecular flexibility index (Phi) is 2.35. The molecule has 2 aliphatic rings. The molecular formula is C9H18O. The van der Waals surface area contributed by atoms with Crippen LogP contribution in [-0.2, 0) is 4.74 Å². The van der Waals surface area contributed by atoms with Crippen LogP contribution in [-0.4, -0.2) is 13.2 Å². The molecule has 1 saturated carbocycles. The molecule has 2 unspecified atom stereocenters. The van der Waals surface area contributed by atoms with Crippen molar-refractivity contribution < 1.29 is 4.74 Å². The van der Waals surface area contributed by atoms with Crippen molar-refractivity contribution >= 4 is 0 Å². The third kappa shape index (κ3) is 1.34. The Balaban J connectivity index is 0.000000231. The van der Waals surface area contributed by atoms with Gasteiger partial charge in [0, 0.05) is 13.2 Å². The van der Waals surface area contributed by atoms with Gasteiger partial charge in [0.25, 0.3) is 0 Å². The number of rotatable bonds is 0. The van der Waals surface area contributed by atoms with E-state index in [1.165, 1.54) is 12.8 Å². The fraction of sp³-hybridized carbons (Fsp3) is 1.00. The van der Waals surface area contributed by atoms with Crippen LogP contribution in [0.25, 0.3) is 0 Å². The molecule has 1 aliphatic heterocycles. The highest BCUT2D eigenvalue weighted by molar-refractivity contribution is 5.00. The zero-order valence-electron chi connectivity index (χ0n) is 7.31. The summed E-state index contributed by atoms with van der Waals surface area (Å²) in [5.74, 6) is 0.927. The van der Waals surface area contributed by atoms with Crippen molar-refractivity contribution in [3.8, 4) is 0 Å². The average molecular weight is 142 g/mol. The van der Waals surface area contributed by atoms with Crippen molar-refractivity contribution in [1.82, 2.24) is 0 Å². The third-order valence-electron chi connectivity index (χ3n) is 2.67. The van der Waals surface area contributed by atoms with E-state index < -0.39 is 0 Å². The summed E-state index contributed by atoms with van der Waals surface area (Å²) < 4.78 is 5.29. The molecule has 0 aromatic heterocycles. The molecule has 2 rings (SSSR count). The summed E-state index contributed by atoms with van der Waals surface area (Å²) in [5.41, 5.74) is 0.720. The van der Waals surface area contributed by atoms with Gasteiger partial charge >= 0.3 is 0 Å². The summed E-state index contributed by atoms with van der Waals surface area (Å²) in [7, 11) is 0. The molecule has 1 nitrogen and oxygen atoms in total. The molecule has 0 radical (unpaired) electrons. The van der Waals surface area contributed by atoms with Crippen molar-refractivity contribution in [2.75, 3.05) is 13.2 Å². The number of fused-ring (bicyclic) bond motifs is 1. The molecule has 2 atom stereocenters. The van der Waals surface area contributed by atoms with Gasteiger partial charge < -0.3 is 4.74 Å². The molecule has 0 aromatic carbocycles. The maximum absolute atomic E-state index is 5.29. The monoisotopic (exact) mass is 142 g/mol. The van der Waals surface area contributed by atoms with Gasteiger partial charge in [0.05, 0.1) is 0 Å². The van der Waals surface area contributed by atoms with Crippen LogP contribution in [0.5, 0.6) is 0 Å². The van der Waals surface area contributed by atoms with Gasteiger partial charge in [-0.2, -0.15) is 0 Å². The van der Waals surface area contributed by atoms with Crippen molar-refractivity contribution in [2.24, 2.45) is 11.3 Å². The lowest BCUT2D eigenvalue weighted by atomic mass is 10.0. The summed E-state index contributed by atoms with van der Waals surface area (Å²) in [6.45, 7) is 8.42. The van der Waals surface area contributed by atoms with Crippen LogP contribution in [0.3, 0.4) is 0 Å². The topological polar surface area (TPSA) is 9.23 Å². The zero-order chi connectivity index (χ0) is 7.61. The normalized spacial score (nSPS) is 42.9. The van der Waals surface area contributed by atoms with E-state index in [1.807, 2.05) is 13.8 Å². The third-order valence-corrected chi connectivity index (χ3v) is 2.67. The first kappa shape index (κ1) is 8.06. The summed E-state index contributed by atoms with van der Waals surface area (Å²) in [6.07, 6.45) is 2.73. The van der Waals surface area contributed by atoms with E-state index in [1.54, 1.807) is 0 Å². The Labute approximate surface area is 63.8 Å². The van der Waals surface area contributed by atoms with Crippen LogP contribution < -0.4 is 0 Å². The lowest BCUT2D eigenvalue weighted by Crippen LogP contribution is -2.14. The average Bonchev–Trinajstić information content (AvgIpc) is 2.64. The van der Waals surface area contributed by atoms with Gasteiger partial charge in [0.2, 0.25) is 0 Å². The van der Waals surface area contributed by atoms with Crippen LogP contribution in [0, 0.1) is 11.3 Å². The fourth-order valence-corrected chi connectivity index (χ4v) is 1.60. The highest BCUT2D eigenvalue weighted by Crippen LogP contribution is 2.56. The molecule has 0 aromatic rings. The highest BCUT2D eigenvalue weighted by Gasteiger charge is 2.51. The molecule has 0 bridgehead atoms. The van der Waals surface area contributed by atoms with E-state index in [4.69, 9.17) is 4.74 Å². The Hall–Kier alpha value is -0.0400. The van der Waals surface area contributed by atoms with Crippen LogP contribution in [0.1, 0.15) is 33.6 Å². The second kappa shape index (κ2) is 2.91. The molecule has 1 saturated heterocycles. The molecule has 60 valence electrons. The van der Waals surface area contributed by atoms with Crippen molar-refractivity contribution in [3.05, 3.63) is 0 Å². The molecule has 1 aliphatic carbocycles. The van der Waals surface area contributed by atoms with E-state index in [9.17, 15) is 0 Å². The lowest BCUT2D eigenvalue weighted by Gasteiger charge is -2.16. The molecule has 2 fully saturated rings. The predicted molar refractivity (Wildman–Crippen MR) is 43.0 cm³/mol. The van der Waals surface area contributed by atoms with Crippen molar-refractivity contribution in [2.45, 2.75) is 33.6 Å². The second-order valence-electron chi connectivity index (χ2n) is 3.38. The van der Waals surface area contributed by atoms with E-state index in [0.29, 0.717) is 0 Å². The first-order chi connectivity index (χ1) is 4.81. The zero-order valence-corrected chi connectivity index (χ0v) is 7.31. The van der Waals surface area contributed by atoms with Crippen LogP contribution in [0.4, 0.5) is 0 Å². The number of hydrogen-bond acceptors (Lipinski definition) is 1. The minimum absolute atomic E-state index is 0.720. The highest BCUT2D eigenvalue weighted by atomic mass is 16.5. The molecule has 0 amide bonds. The van der Waals surface area contributed by atoms with Gasteiger partial charge in [-0.25, -0.2) is 0 Å². The summed E-state index contributed by atoms with van der Waals surface area (Å²) in [6, 6.07) is 0. The van der Waals surface area contributed by atoms with E-state index in [2.05, 4.69) is 6.92 Å². The minimum Gasteiger partial charge on any atom is -0.381 e. The first-order valence-corrected chi connectivity index (χ1v) is 4.39. The van der Waals surface area contributed by atoms with Gasteiger partial charge in [-0.15, -0.1) is 0 Å². The molecular weight excluding hydrogens is 124 g/mol. The minimum atomic E-state index is 0.720. The number of hydrogen-bond donors (Lipinski definition) is 0. The van der Waals surface area contributed by atoms with Crippen molar-refractivity contribution in [1.29, 1.82) is 0 Å². The lowest BCUT2D eigenvalue weighted by molar-refractivity contribution is 0.0667. The molecule has 10 heavy (non-hydrogen) atoms. The summed E-state index contributed by atoms with van der Waals surface area (Å²) in [4.78, 5) is 0. The summed E-state index contributed by atoms with van der Waals surface area (Å²) in [5, 5.41) is 0. The Bertz CT molecular complexity index is 109. The molecule has 0 N–H and O–H groups in total. The van der Waals surface area contributed by atoms with Gasteiger partial charge in [0.1, 0.15) is 0 Å². The van der Waals surface area contributed by atoms with Gasteiger partial charge in [-0.05, 0) is 24.2 Å². The molecule has 0 spiro atoms. The van der Waals surface area contributed by atoms with E-state index in [-0.39, 0.29) is 0 Å². The SMILES string of the molecule is CC.CC12CCOCC1C2.